The Morgan fingerprint density at radius 3 is 2.65 bits per heavy atom. The minimum Gasteiger partial charge on any atom is -0.336 e. The van der Waals surface area contributed by atoms with Crippen LogP contribution in [0.5, 0.6) is 0 Å². The molecule has 0 amide bonds. The molecule has 0 unspecified atom stereocenters. The fourth-order valence-electron chi connectivity index (χ4n) is 2.79. The summed E-state index contributed by atoms with van der Waals surface area (Å²) in [7, 11) is 3.82. The molecule has 23 heavy (non-hydrogen) atoms. The molecule has 5 nitrogen and oxygen atoms in total. The van der Waals surface area contributed by atoms with Crippen molar-refractivity contribution >= 4 is 11.0 Å². The topological polar surface area (TPSA) is 48.5 Å². The quantitative estimate of drug-likeness (QED) is 0.571. The van der Waals surface area contributed by atoms with Gasteiger partial charge in [-0.15, -0.1) is 0 Å². The maximum Gasteiger partial charge on any atom is 0.141 e. The standard InChI is InChI=1S/C17H14FN5/c1-22-8-6-13-12(5-7-19-17(13)22)14-10-23(2)21-16(14)15-4-3-11(18)9-20-15/h3-10H,1-2H3. The molecule has 4 rings (SSSR count). The highest BCUT2D eigenvalue weighted by molar-refractivity contribution is 5.96. The van der Waals surface area contributed by atoms with Gasteiger partial charge in [-0.25, -0.2) is 9.37 Å². The lowest BCUT2D eigenvalue weighted by Gasteiger charge is -2.04. The summed E-state index contributed by atoms with van der Waals surface area (Å²) in [5.41, 5.74) is 4.26. The lowest BCUT2D eigenvalue weighted by molar-refractivity contribution is 0.621. The normalized spacial score (nSPS) is 11.3. The first-order valence-corrected chi connectivity index (χ1v) is 7.19. The van der Waals surface area contributed by atoms with Gasteiger partial charge in [-0.05, 0) is 29.8 Å². The highest BCUT2D eigenvalue weighted by Crippen LogP contribution is 2.34. The third-order valence-electron chi connectivity index (χ3n) is 3.86. The number of fused-ring (bicyclic) bond motifs is 1. The van der Waals surface area contributed by atoms with Gasteiger partial charge in [0.1, 0.15) is 17.2 Å². The van der Waals surface area contributed by atoms with Gasteiger partial charge in [-0.2, -0.15) is 5.10 Å². The molecule has 0 aliphatic carbocycles. The lowest BCUT2D eigenvalue weighted by atomic mass is 10.0. The van der Waals surface area contributed by atoms with Crippen LogP contribution in [0.25, 0.3) is 33.5 Å². The van der Waals surface area contributed by atoms with E-state index in [1.165, 1.54) is 12.3 Å². The first-order chi connectivity index (χ1) is 11.1. The lowest BCUT2D eigenvalue weighted by Crippen LogP contribution is -1.91. The predicted octanol–water partition coefficient (Wildman–Crippen LogP) is 3.17. The van der Waals surface area contributed by atoms with Crippen molar-refractivity contribution in [3.8, 4) is 22.5 Å². The summed E-state index contributed by atoms with van der Waals surface area (Å²) in [6, 6.07) is 7.04. The van der Waals surface area contributed by atoms with Crippen molar-refractivity contribution < 1.29 is 4.39 Å². The first-order valence-electron chi connectivity index (χ1n) is 7.19. The minimum absolute atomic E-state index is 0.361. The molecule has 0 spiro atoms. The molecule has 0 saturated carbocycles. The summed E-state index contributed by atoms with van der Waals surface area (Å²) in [4.78, 5) is 8.58. The van der Waals surface area contributed by atoms with E-state index in [2.05, 4.69) is 15.1 Å². The van der Waals surface area contributed by atoms with Gasteiger partial charge in [0.15, 0.2) is 0 Å². The molecule has 0 aliphatic rings. The SMILES string of the molecule is Cn1cc(-c2ccnc3c2ccn3C)c(-c2ccc(F)cn2)n1. The van der Waals surface area contributed by atoms with Crippen LogP contribution < -0.4 is 0 Å². The molecule has 0 saturated heterocycles. The van der Waals surface area contributed by atoms with E-state index in [-0.39, 0.29) is 5.82 Å². The number of hydrogen-bond acceptors (Lipinski definition) is 3. The summed E-state index contributed by atoms with van der Waals surface area (Å²) in [5.74, 6) is -0.361. The second-order valence-electron chi connectivity index (χ2n) is 5.45. The first kappa shape index (κ1) is 13.6. The van der Waals surface area contributed by atoms with Crippen LogP contribution >= 0.6 is 0 Å². The van der Waals surface area contributed by atoms with Crippen LogP contribution in [0.3, 0.4) is 0 Å². The van der Waals surface area contributed by atoms with Crippen molar-refractivity contribution in [1.29, 1.82) is 0 Å². The van der Waals surface area contributed by atoms with Crippen molar-refractivity contribution in [2.45, 2.75) is 0 Å². The molecule has 0 atom stereocenters. The van der Waals surface area contributed by atoms with Crippen LogP contribution in [0.1, 0.15) is 0 Å². The van der Waals surface area contributed by atoms with E-state index in [0.29, 0.717) is 5.69 Å². The molecule has 0 fully saturated rings. The van der Waals surface area contributed by atoms with Gasteiger partial charge in [0.2, 0.25) is 0 Å². The van der Waals surface area contributed by atoms with Crippen LogP contribution in [0.4, 0.5) is 4.39 Å². The zero-order chi connectivity index (χ0) is 16.0. The molecule has 4 aromatic rings. The van der Waals surface area contributed by atoms with Gasteiger partial charge in [-0.1, -0.05) is 0 Å². The zero-order valence-corrected chi connectivity index (χ0v) is 12.7. The highest BCUT2D eigenvalue weighted by Gasteiger charge is 2.16. The van der Waals surface area contributed by atoms with E-state index in [1.807, 2.05) is 43.2 Å². The summed E-state index contributed by atoms with van der Waals surface area (Å²) in [6.45, 7) is 0. The van der Waals surface area contributed by atoms with Gasteiger partial charge in [0.25, 0.3) is 0 Å². The Balaban J connectivity index is 1.97. The number of aromatic nitrogens is 5. The Labute approximate surface area is 132 Å². The molecule has 0 aromatic carbocycles. The smallest absolute Gasteiger partial charge is 0.141 e. The highest BCUT2D eigenvalue weighted by atomic mass is 19.1. The van der Waals surface area contributed by atoms with E-state index in [1.54, 1.807) is 16.9 Å². The molecule has 114 valence electrons. The molecular weight excluding hydrogens is 293 g/mol. The fourth-order valence-corrected chi connectivity index (χ4v) is 2.79. The van der Waals surface area contributed by atoms with Crippen molar-refractivity contribution in [3.63, 3.8) is 0 Å². The summed E-state index contributed by atoms with van der Waals surface area (Å²) < 4.78 is 16.9. The second-order valence-corrected chi connectivity index (χ2v) is 5.45. The third-order valence-corrected chi connectivity index (χ3v) is 3.86. The third kappa shape index (κ3) is 2.19. The van der Waals surface area contributed by atoms with Gasteiger partial charge >= 0.3 is 0 Å². The van der Waals surface area contributed by atoms with E-state index < -0.39 is 0 Å². The van der Waals surface area contributed by atoms with Crippen LogP contribution in [0.15, 0.2) is 49.1 Å². The van der Waals surface area contributed by atoms with E-state index in [4.69, 9.17) is 0 Å². The summed E-state index contributed by atoms with van der Waals surface area (Å²) >= 11 is 0. The number of halogens is 1. The van der Waals surface area contributed by atoms with Crippen LogP contribution in [-0.2, 0) is 14.1 Å². The second kappa shape index (κ2) is 5.01. The van der Waals surface area contributed by atoms with Gasteiger partial charge < -0.3 is 4.57 Å². The Morgan fingerprint density at radius 2 is 1.87 bits per heavy atom. The molecule has 4 heterocycles. The van der Waals surface area contributed by atoms with Crippen LogP contribution in [-0.4, -0.2) is 24.3 Å². The average molecular weight is 307 g/mol. The molecular formula is C17H14FN5. The number of hydrogen-bond donors (Lipinski definition) is 0. The Bertz CT molecular complexity index is 998. The fraction of sp³-hybridized carbons (Fsp3) is 0.118. The zero-order valence-electron chi connectivity index (χ0n) is 12.7. The van der Waals surface area contributed by atoms with E-state index >= 15 is 0 Å². The number of aryl methyl sites for hydroxylation is 2. The number of rotatable bonds is 2. The Morgan fingerprint density at radius 1 is 1.00 bits per heavy atom. The molecule has 0 N–H and O–H groups in total. The van der Waals surface area contributed by atoms with Crippen LogP contribution in [0.2, 0.25) is 0 Å². The largest absolute Gasteiger partial charge is 0.336 e. The predicted molar refractivity (Wildman–Crippen MR) is 86.1 cm³/mol. The maximum absolute atomic E-state index is 13.1. The van der Waals surface area contributed by atoms with Gasteiger partial charge in [0.05, 0.1) is 11.9 Å². The van der Waals surface area contributed by atoms with Crippen LogP contribution in [0, 0.1) is 5.82 Å². The minimum atomic E-state index is -0.361. The molecule has 4 aromatic heterocycles. The average Bonchev–Trinajstić information content (AvgIpc) is 3.12. The molecule has 0 bridgehead atoms. The van der Waals surface area contributed by atoms with Crippen molar-refractivity contribution in [3.05, 3.63) is 54.9 Å². The molecule has 6 heteroatoms. The van der Waals surface area contributed by atoms with Gasteiger partial charge in [-0.3, -0.25) is 9.67 Å². The monoisotopic (exact) mass is 307 g/mol. The van der Waals surface area contributed by atoms with Crippen molar-refractivity contribution in [1.82, 2.24) is 24.3 Å². The Kier molecular flexibility index (Phi) is 2.97. The van der Waals surface area contributed by atoms with E-state index in [9.17, 15) is 4.39 Å². The van der Waals surface area contributed by atoms with Gasteiger partial charge in [0, 0.05) is 43.6 Å². The maximum atomic E-state index is 13.1. The summed E-state index contributed by atoms with van der Waals surface area (Å²) in [5, 5.41) is 5.55. The molecule has 0 aliphatic heterocycles. The molecule has 0 radical (unpaired) electrons. The number of pyridine rings is 2. The summed E-state index contributed by atoms with van der Waals surface area (Å²) in [6.07, 6.45) is 6.92. The van der Waals surface area contributed by atoms with Crippen molar-refractivity contribution in [2.24, 2.45) is 14.1 Å². The van der Waals surface area contributed by atoms with Crippen molar-refractivity contribution in [2.75, 3.05) is 0 Å². The van der Waals surface area contributed by atoms with E-state index in [0.717, 1.165) is 27.9 Å². The Hall–Kier alpha value is -3.02. The number of nitrogens with zero attached hydrogens (tertiary/aromatic N) is 5.